The van der Waals surface area contributed by atoms with Crippen LogP contribution in [0.3, 0.4) is 0 Å². The minimum absolute atomic E-state index is 0.265. The second kappa shape index (κ2) is 3.19. The maximum atomic E-state index is 11.4. The van der Waals surface area contributed by atoms with Crippen LogP contribution in [-0.4, -0.2) is 23.0 Å². The van der Waals surface area contributed by atoms with Crippen molar-refractivity contribution in [2.24, 2.45) is 5.41 Å². The smallest absolute Gasteiger partial charge is 0.220 e. The molecular weight excluding hydrogens is 182 g/mol. The van der Waals surface area contributed by atoms with E-state index in [1.165, 1.54) is 12.2 Å². The highest BCUT2D eigenvalue weighted by Gasteiger charge is 2.51. The molecular formula is C10H17NOS. The molecule has 1 spiro atoms. The van der Waals surface area contributed by atoms with Gasteiger partial charge in [0.25, 0.3) is 0 Å². The Kier molecular flexibility index (Phi) is 2.30. The van der Waals surface area contributed by atoms with E-state index in [1.807, 2.05) is 11.8 Å². The molecule has 1 N–H and O–H groups in total. The summed E-state index contributed by atoms with van der Waals surface area (Å²) in [5, 5.41) is 3.76. The summed E-state index contributed by atoms with van der Waals surface area (Å²) in [7, 11) is 0. The van der Waals surface area contributed by atoms with Crippen molar-refractivity contribution in [1.82, 2.24) is 5.32 Å². The Labute approximate surface area is 83.8 Å². The fourth-order valence-electron chi connectivity index (χ4n) is 2.80. The molecule has 0 aromatic carbocycles. The average Bonchev–Trinajstić information content (AvgIpc) is 2.59. The van der Waals surface area contributed by atoms with Crippen LogP contribution in [0.25, 0.3) is 0 Å². The van der Waals surface area contributed by atoms with Crippen LogP contribution in [0, 0.1) is 5.41 Å². The second-order valence-electron chi connectivity index (χ2n) is 4.20. The average molecular weight is 199 g/mol. The third-order valence-electron chi connectivity index (χ3n) is 3.67. The number of hydrogen-bond acceptors (Lipinski definition) is 2. The van der Waals surface area contributed by atoms with E-state index in [2.05, 4.69) is 19.2 Å². The second-order valence-corrected chi connectivity index (χ2v) is 5.65. The number of amides is 1. The summed E-state index contributed by atoms with van der Waals surface area (Å²) in [6.45, 7) is 4.45. The van der Waals surface area contributed by atoms with E-state index in [0.717, 1.165) is 12.8 Å². The standard InChI is InChI=1S/C10H17NOS/c1-3-8-10(6-9(12)11-8)4-5-13-7(10)2/h7-8H,3-6H2,1-2H3,(H,11,12). The summed E-state index contributed by atoms with van der Waals surface area (Å²) in [4.78, 5) is 11.4. The van der Waals surface area contributed by atoms with Crippen molar-refractivity contribution in [3.8, 4) is 0 Å². The first-order valence-electron chi connectivity index (χ1n) is 5.10. The molecule has 0 aliphatic carbocycles. The van der Waals surface area contributed by atoms with Gasteiger partial charge < -0.3 is 5.32 Å². The minimum atomic E-state index is 0.265. The van der Waals surface area contributed by atoms with Gasteiger partial charge in [0.05, 0.1) is 0 Å². The number of nitrogens with one attached hydrogen (secondary N) is 1. The van der Waals surface area contributed by atoms with Crippen molar-refractivity contribution >= 4 is 17.7 Å². The maximum Gasteiger partial charge on any atom is 0.220 e. The summed E-state index contributed by atoms with van der Waals surface area (Å²) >= 11 is 2.02. The van der Waals surface area contributed by atoms with Crippen molar-refractivity contribution in [2.45, 2.75) is 44.4 Å². The minimum Gasteiger partial charge on any atom is -0.353 e. The van der Waals surface area contributed by atoms with Crippen LogP contribution < -0.4 is 5.32 Å². The monoisotopic (exact) mass is 199 g/mol. The largest absolute Gasteiger partial charge is 0.353 e. The Hall–Kier alpha value is -0.180. The van der Waals surface area contributed by atoms with E-state index in [0.29, 0.717) is 11.3 Å². The summed E-state index contributed by atoms with van der Waals surface area (Å²) in [5.41, 5.74) is 0.288. The molecule has 2 rings (SSSR count). The fraction of sp³-hybridized carbons (Fsp3) is 0.900. The summed E-state index contributed by atoms with van der Waals surface area (Å²) in [6, 6.07) is 0.435. The normalized spacial score (nSPS) is 44.3. The predicted molar refractivity (Wildman–Crippen MR) is 55.8 cm³/mol. The lowest BCUT2D eigenvalue weighted by atomic mass is 9.74. The van der Waals surface area contributed by atoms with Crippen LogP contribution in [0.5, 0.6) is 0 Å². The van der Waals surface area contributed by atoms with Crippen molar-refractivity contribution in [3.05, 3.63) is 0 Å². The van der Waals surface area contributed by atoms with Crippen molar-refractivity contribution in [2.75, 3.05) is 5.75 Å². The molecule has 1 amide bonds. The molecule has 13 heavy (non-hydrogen) atoms. The highest BCUT2D eigenvalue weighted by molar-refractivity contribution is 8.00. The van der Waals surface area contributed by atoms with Gasteiger partial charge in [-0.25, -0.2) is 0 Å². The zero-order valence-corrected chi connectivity index (χ0v) is 9.12. The van der Waals surface area contributed by atoms with Gasteiger partial charge in [-0.1, -0.05) is 13.8 Å². The lowest BCUT2D eigenvalue weighted by Crippen LogP contribution is -2.40. The maximum absolute atomic E-state index is 11.4. The third-order valence-corrected chi connectivity index (χ3v) is 5.08. The first kappa shape index (κ1) is 9.38. The number of thioether (sulfide) groups is 1. The van der Waals surface area contributed by atoms with Crippen LogP contribution in [0.1, 0.15) is 33.1 Å². The molecule has 0 aromatic heterocycles. The van der Waals surface area contributed by atoms with Gasteiger partial charge >= 0.3 is 0 Å². The first-order valence-corrected chi connectivity index (χ1v) is 6.15. The molecule has 2 aliphatic rings. The van der Waals surface area contributed by atoms with E-state index >= 15 is 0 Å². The van der Waals surface area contributed by atoms with E-state index in [9.17, 15) is 4.79 Å². The van der Waals surface area contributed by atoms with Crippen LogP contribution in [-0.2, 0) is 4.79 Å². The highest BCUT2D eigenvalue weighted by atomic mass is 32.2. The lowest BCUT2D eigenvalue weighted by molar-refractivity contribution is -0.119. The molecule has 2 heterocycles. The topological polar surface area (TPSA) is 29.1 Å². The quantitative estimate of drug-likeness (QED) is 0.697. The van der Waals surface area contributed by atoms with Gasteiger partial charge in [0.15, 0.2) is 0 Å². The van der Waals surface area contributed by atoms with Gasteiger partial charge in [-0.3, -0.25) is 4.79 Å². The molecule has 0 saturated carbocycles. The van der Waals surface area contributed by atoms with Gasteiger partial charge in [-0.05, 0) is 18.6 Å². The summed E-state index contributed by atoms with van der Waals surface area (Å²) in [6.07, 6.45) is 3.06. The predicted octanol–water partition coefficient (Wildman–Crippen LogP) is 1.80. The number of carbonyl (C=O) groups excluding carboxylic acids is 1. The Bertz CT molecular complexity index is 231. The van der Waals surface area contributed by atoms with Gasteiger partial charge in [0.2, 0.25) is 5.91 Å². The molecule has 2 aliphatic heterocycles. The Morgan fingerprint density at radius 2 is 2.46 bits per heavy atom. The van der Waals surface area contributed by atoms with E-state index in [4.69, 9.17) is 0 Å². The Balaban J connectivity index is 2.24. The first-order chi connectivity index (χ1) is 6.19. The SMILES string of the molecule is CCC1NC(=O)CC12CCSC2C. The van der Waals surface area contributed by atoms with E-state index in [1.54, 1.807) is 0 Å². The summed E-state index contributed by atoms with van der Waals surface area (Å²) < 4.78 is 0. The third kappa shape index (κ3) is 1.28. The molecule has 2 saturated heterocycles. The molecule has 0 bridgehead atoms. The highest BCUT2D eigenvalue weighted by Crippen LogP contribution is 2.50. The van der Waals surface area contributed by atoms with Gasteiger partial charge in [-0.15, -0.1) is 0 Å². The van der Waals surface area contributed by atoms with Crippen LogP contribution in [0.4, 0.5) is 0 Å². The molecule has 74 valence electrons. The number of rotatable bonds is 1. The fourth-order valence-corrected chi connectivity index (χ4v) is 4.35. The molecule has 0 aromatic rings. The van der Waals surface area contributed by atoms with Crippen molar-refractivity contribution < 1.29 is 4.79 Å². The van der Waals surface area contributed by atoms with Gasteiger partial charge in [0.1, 0.15) is 0 Å². The van der Waals surface area contributed by atoms with Crippen molar-refractivity contribution in [1.29, 1.82) is 0 Å². The van der Waals surface area contributed by atoms with Gasteiger partial charge in [0, 0.05) is 23.1 Å². The molecule has 3 atom stereocenters. The van der Waals surface area contributed by atoms with Crippen LogP contribution in [0.15, 0.2) is 0 Å². The zero-order valence-electron chi connectivity index (χ0n) is 8.30. The Morgan fingerprint density at radius 3 is 3.00 bits per heavy atom. The van der Waals surface area contributed by atoms with Gasteiger partial charge in [-0.2, -0.15) is 11.8 Å². The van der Waals surface area contributed by atoms with Crippen LogP contribution >= 0.6 is 11.8 Å². The zero-order chi connectivity index (χ0) is 9.47. The van der Waals surface area contributed by atoms with E-state index in [-0.39, 0.29) is 11.3 Å². The number of hydrogen-bond donors (Lipinski definition) is 1. The molecule has 2 fully saturated rings. The molecule has 3 heteroatoms. The summed E-state index contributed by atoms with van der Waals surface area (Å²) in [5.74, 6) is 1.49. The van der Waals surface area contributed by atoms with Crippen LogP contribution in [0.2, 0.25) is 0 Å². The lowest BCUT2D eigenvalue weighted by Gasteiger charge is -2.32. The molecule has 2 nitrogen and oxygen atoms in total. The molecule has 0 radical (unpaired) electrons. The van der Waals surface area contributed by atoms with Crippen molar-refractivity contribution in [3.63, 3.8) is 0 Å². The molecule has 3 unspecified atom stereocenters. The number of carbonyl (C=O) groups is 1. The van der Waals surface area contributed by atoms with E-state index < -0.39 is 0 Å². The Morgan fingerprint density at radius 1 is 1.69 bits per heavy atom.